The number of benzene rings is 2. The largest absolute Gasteiger partial charge is 0.494 e. The Morgan fingerprint density at radius 1 is 0.920 bits per heavy atom. The fourth-order valence-corrected chi connectivity index (χ4v) is 2.50. The van der Waals surface area contributed by atoms with Gasteiger partial charge in [-0.05, 0) is 61.9 Å². The Kier molecular flexibility index (Phi) is 8.33. The van der Waals surface area contributed by atoms with Crippen molar-refractivity contribution in [2.75, 3.05) is 13.7 Å². The van der Waals surface area contributed by atoms with Gasteiger partial charge in [-0.25, -0.2) is 4.79 Å². The van der Waals surface area contributed by atoms with Crippen molar-refractivity contribution in [1.82, 2.24) is 0 Å². The first-order valence-corrected chi connectivity index (χ1v) is 8.79. The number of aryl methyl sites for hydroxylation is 1. The van der Waals surface area contributed by atoms with Gasteiger partial charge in [0.1, 0.15) is 5.75 Å². The lowest BCUT2D eigenvalue weighted by atomic mass is 10.1. The molecule has 0 amide bonds. The summed E-state index contributed by atoms with van der Waals surface area (Å²) in [6.07, 6.45) is 9.92. The van der Waals surface area contributed by atoms with Crippen LogP contribution in [-0.4, -0.2) is 19.7 Å². The van der Waals surface area contributed by atoms with Crippen LogP contribution in [0, 0.1) is 0 Å². The topological polar surface area (TPSA) is 35.5 Å². The first-order valence-electron chi connectivity index (χ1n) is 8.79. The third-order valence-electron chi connectivity index (χ3n) is 3.91. The highest BCUT2D eigenvalue weighted by Crippen LogP contribution is 2.13. The number of methoxy groups -OCH3 is 1. The maximum Gasteiger partial charge on any atom is 0.337 e. The van der Waals surface area contributed by atoms with E-state index in [1.165, 1.54) is 19.1 Å². The van der Waals surface area contributed by atoms with Crippen molar-refractivity contribution < 1.29 is 14.3 Å². The molecule has 0 saturated heterocycles. The molecule has 0 heterocycles. The first-order chi connectivity index (χ1) is 12.3. The van der Waals surface area contributed by atoms with Gasteiger partial charge < -0.3 is 9.47 Å². The van der Waals surface area contributed by atoms with Crippen LogP contribution in [0.1, 0.15) is 41.6 Å². The van der Waals surface area contributed by atoms with Crippen LogP contribution in [0.5, 0.6) is 5.75 Å². The summed E-state index contributed by atoms with van der Waals surface area (Å²) < 4.78 is 10.3. The standard InChI is InChI=1S/C22H26O3/c1-24-22(23)20-14-16-21(17-15-20)25-18-10-5-3-2-4-7-11-19-12-8-6-9-13-19/h2-3,6,8-9,12-17H,4-5,7,10-11,18H2,1H3/b3-2-. The SMILES string of the molecule is COC(=O)c1ccc(OCCC/C=C\CCCc2ccccc2)cc1. The highest BCUT2D eigenvalue weighted by Gasteiger charge is 2.04. The van der Waals surface area contributed by atoms with Gasteiger partial charge in [0.2, 0.25) is 0 Å². The van der Waals surface area contributed by atoms with Gasteiger partial charge in [-0.3, -0.25) is 0 Å². The third kappa shape index (κ3) is 7.25. The van der Waals surface area contributed by atoms with Crippen LogP contribution in [0.25, 0.3) is 0 Å². The molecule has 0 aliphatic heterocycles. The van der Waals surface area contributed by atoms with Gasteiger partial charge in [-0.1, -0.05) is 42.5 Å². The average molecular weight is 338 g/mol. The predicted molar refractivity (Wildman–Crippen MR) is 101 cm³/mol. The van der Waals surface area contributed by atoms with E-state index in [1.54, 1.807) is 24.3 Å². The Morgan fingerprint density at radius 3 is 2.28 bits per heavy atom. The second-order valence-electron chi connectivity index (χ2n) is 5.86. The van der Waals surface area contributed by atoms with Crippen LogP contribution in [-0.2, 0) is 11.2 Å². The van der Waals surface area contributed by atoms with Gasteiger partial charge >= 0.3 is 5.97 Å². The number of ether oxygens (including phenoxy) is 2. The Hall–Kier alpha value is -2.55. The van der Waals surface area contributed by atoms with Crippen LogP contribution in [0.2, 0.25) is 0 Å². The number of rotatable bonds is 10. The Bertz CT molecular complexity index is 645. The molecule has 25 heavy (non-hydrogen) atoms. The van der Waals surface area contributed by atoms with Crippen molar-refractivity contribution in [3.63, 3.8) is 0 Å². The van der Waals surface area contributed by atoms with E-state index in [2.05, 4.69) is 47.2 Å². The number of hydrogen-bond donors (Lipinski definition) is 0. The van der Waals surface area contributed by atoms with E-state index in [0.717, 1.165) is 31.4 Å². The number of esters is 1. The summed E-state index contributed by atoms with van der Waals surface area (Å²) in [4.78, 5) is 11.3. The number of hydrogen-bond acceptors (Lipinski definition) is 3. The highest BCUT2D eigenvalue weighted by atomic mass is 16.5. The molecule has 0 aliphatic carbocycles. The van der Waals surface area contributed by atoms with Gasteiger partial charge in [0.15, 0.2) is 0 Å². The van der Waals surface area contributed by atoms with Crippen LogP contribution in [0.15, 0.2) is 66.7 Å². The number of allylic oxidation sites excluding steroid dienone is 2. The van der Waals surface area contributed by atoms with Crippen LogP contribution in [0.3, 0.4) is 0 Å². The van der Waals surface area contributed by atoms with Gasteiger partial charge in [0.25, 0.3) is 0 Å². The molecule has 2 aromatic carbocycles. The monoisotopic (exact) mass is 338 g/mol. The van der Waals surface area contributed by atoms with Crippen LogP contribution in [0.4, 0.5) is 0 Å². The van der Waals surface area contributed by atoms with E-state index >= 15 is 0 Å². The van der Waals surface area contributed by atoms with Crippen molar-refractivity contribution in [3.05, 3.63) is 77.9 Å². The van der Waals surface area contributed by atoms with Gasteiger partial charge in [0, 0.05) is 0 Å². The molecule has 0 saturated carbocycles. The van der Waals surface area contributed by atoms with E-state index in [9.17, 15) is 4.79 Å². The summed E-state index contributed by atoms with van der Waals surface area (Å²) in [5.41, 5.74) is 1.94. The molecule has 0 radical (unpaired) electrons. The quantitative estimate of drug-likeness (QED) is 0.339. The molecule has 3 nitrogen and oxygen atoms in total. The van der Waals surface area contributed by atoms with E-state index in [1.807, 2.05) is 0 Å². The molecule has 2 aromatic rings. The summed E-state index contributed by atoms with van der Waals surface area (Å²) in [5.74, 6) is 0.448. The predicted octanol–water partition coefficient (Wildman–Crippen LogP) is 5.21. The smallest absolute Gasteiger partial charge is 0.337 e. The zero-order chi connectivity index (χ0) is 17.7. The molecule has 132 valence electrons. The van der Waals surface area contributed by atoms with Gasteiger partial charge in [-0.15, -0.1) is 0 Å². The lowest BCUT2D eigenvalue weighted by molar-refractivity contribution is 0.0600. The minimum atomic E-state index is -0.330. The molecule has 0 bridgehead atoms. The lowest BCUT2D eigenvalue weighted by Gasteiger charge is -2.05. The molecule has 0 N–H and O–H groups in total. The summed E-state index contributed by atoms with van der Waals surface area (Å²) in [6.45, 7) is 0.673. The minimum absolute atomic E-state index is 0.330. The molecule has 0 aromatic heterocycles. The summed E-state index contributed by atoms with van der Waals surface area (Å²) in [5, 5.41) is 0. The Balaban J connectivity index is 1.53. The second-order valence-corrected chi connectivity index (χ2v) is 5.86. The Labute approximate surface area is 150 Å². The normalized spacial score (nSPS) is 10.8. The average Bonchev–Trinajstić information content (AvgIpc) is 2.67. The van der Waals surface area contributed by atoms with Gasteiger partial charge in [-0.2, -0.15) is 0 Å². The van der Waals surface area contributed by atoms with E-state index < -0.39 is 0 Å². The fourth-order valence-electron chi connectivity index (χ4n) is 2.50. The summed E-state index contributed by atoms with van der Waals surface area (Å²) in [6, 6.07) is 17.6. The Morgan fingerprint density at radius 2 is 1.60 bits per heavy atom. The van der Waals surface area contributed by atoms with Crippen molar-refractivity contribution in [2.45, 2.75) is 32.1 Å². The number of carbonyl (C=O) groups is 1. The lowest BCUT2D eigenvalue weighted by Crippen LogP contribution is -2.01. The van der Waals surface area contributed by atoms with Crippen molar-refractivity contribution >= 4 is 5.97 Å². The van der Waals surface area contributed by atoms with Crippen molar-refractivity contribution in [1.29, 1.82) is 0 Å². The van der Waals surface area contributed by atoms with Crippen molar-refractivity contribution in [2.24, 2.45) is 0 Å². The number of carbonyl (C=O) groups excluding carboxylic acids is 1. The van der Waals surface area contributed by atoms with Crippen LogP contribution < -0.4 is 4.74 Å². The highest BCUT2D eigenvalue weighted by molar-refractivity contribution is 5.89. The molecular formula is C22H26O3. The molecule has 3 heteroatoms. The minimum Gasteiger partial charge on any atom is -0.494 e. The maximum atomic E-state index is 11.3. The molecule has 0 unspecified atom stereocenters. The van der Waals surface area contributed by atoms with E-state index in [4.69, 9.17) is 4.74 Å². The molecule has 2 rings (SSSR count). The fraction of sp³-hybridized carbons (Fsp3) is 0.318. The van der Waals surface area contributed by atoms with E-state index in [0.29, 0.717) is 12.2 Å². The number of unbranched alkanes of at least 4 members (excludes halogenated alkanes) is 2. The van der Waals surface area contributed by atoms with Gasteiger partial charge in [0.05, 0.1) is 19.3 Å². The molecular weight excluding hydrogens is 312 g/mol. The molecule has 0 spiro atoms. The molecule has 0 aliphatic rings. The maximum absolute atomic E-state index is 11.3. The second kappa shape index (κ2) is 11.1. The van der Waals surface area contributed by atoms with E-state index in [-0.39, 0.29) is 5.97 Å². The molecule has 0 atom stereocenters. The zero-order valence-electron chi connectivity index (χ0n) is 14.8. The third-order valence-corrected chi connectivity index (χ3v) is 3.91. The first kappa shape index (κ1) is 18.8. The van der Waals surface area contributed by atoms with Crippen LogP contribution >= 0.6 is 0 Å². The summed E-state index contributed by atoms with van der Waals surface area (Å²) >= 11 is 0. The summed E-state index contributed by atoms with van der Waals surface area (Å²) in [7, 11) is 1.38. The zero-order valence-corrected chi connectivity index (χ0v) is 14.8. The molecule has 0 fully saturated rings. The van der Waals surface area contributed by atoms with Crippen molar-refractivity contribution in [3.8, 4) is 5.75 Å².